The topological polar surface area (TPSA) is 84.2 Å². The van der Waals surface area contributed by atoms with E-state index in [1.165, 1.54) is 22.4 Å². The third-order valence-corrected chi connectivity index (χ3v) is 6.60. The van der Waals surface area contributed by atoms with Crippen molar-refractivity contribution in [2.24, 2.45) is 0 Å². The molecule has 1 saturated carbocycles. The SMILES string of the molecule is CC1Cc2sc(-c3nc4c(cc3F)c(=O)c(C(=O)O)cn4C3CC3)cc2CN1. The number of carbonyl (C=O) groups is 1. The number of hydrogen-bond donors (Lipinski definition) is 2. The van der Waals surface area contributed by atoms with Crippen LogP contribution in [0.2, 0.25) is 0 Å². The van der Waals surface area contributed by atoms with Crippen LogP contribution in [0, 0.1) is 5.82 Å². The molecule has 1 aliphatic heterocycles. The molecule has 2 aliphatic rings. The van der Waals surface area contributed by atoms with Gasteiger partial charge in [-0.15, -0.1) is 11.3 Å². The minimum Gasteiger partial charge on any atom is -0.477 e. The van der Waals surface area contributed by atoms with Gasteiger partial charge in [0.05, 0.1) is 10.3 Å². The number of nitrogens with zero attached hydrogens (tertiary/aromatic N) is 2. The summed E-state index contributed by atoms with van der Waals surface area (Å²) >= 11 is 1.53. The van der Waals surface area contributed by atoms with Gasteiger partial charge in [-0.3, -0.25) is 4.79 Å². The fourth-order valence-electron chi connectivity index (χ4n) is 3.74. The Hall–Kier alpha value is -2.58. The van der Waals surface area contributed by atoms with Crippen LogP contribution in [-0.2, 0) is 13.0 Å². The van der Waals surface area contributed by atoms with Crippen LogP contribution in [0.25, 0.3) is 21.6 Å². The summed E-state index contributed by atoms with van der Waals surface area (Å²) in [5.41, 5.74) is 0.684. The summed E-state index contributed by atoms with van der Waals surface area (Å²) in [6.45, 7) is 2.86. The number of nitrogens with one attached hydrogen (secondary N) is 1. The highest BCUT2D eigenvalue weighted by molar-refractivity contribution is 7.15. The summed E-state index contributed by atoms with van der Waals surface area (Å²) < 4.78 is 16.7. The van der Waals surface area contributed by atoms with E-state index in [2.05, 4.69) is 17.2 Å². The molecular formula is C20H18FN3O3S. The molecule has 28 heavy (non-hydrogen) atoms. The van der Waals surface area contributed by atoms with Crippen molar-refractivity contribution in [2.75, 3.05) is 0 Å². The largest absolute Gasteiger partial charge is 0.477 e. The number of pyridine rings is 2. The molecule has 1 unspecified atom stereocenters. The number of aromatic nitrogens is 2. The van der Waals surface area contributed by atoms with Gasteiger partial charge in [0.15, 0.2) is 5.82 Å². The first-order valence-corrected chi connectivity index (χ1v) is 10.1. The summed E-state index contributed by atoms with van der Waals surface area (Å²) in [4.78, 5) is 30.5. The number of thiophene rings is 1. The molecule has 8 heteroatoms. The van der Waals surface area contributed by atoms with Gasteiger partial charge in [-0.1, -0.05) is 0 Å². The number of carboxylic acid groups (broad SMARTS) is 1. The molecule has 4 heterocycles. The summed E-state index contributed by atoms with van der Waals surface area (Å²) in [6, 6.07) is 3.59. The van der Waals surface area contributed by atoms with Gasteiger partial charge in [-0.2, -0.15) is 0 Å². The lowest BCUT2D eigenvalue weighted by Crippen LogP contribution is -2.31. The maximum atomic E-state index is 14.9. The molecular weight excluding hydrogens is 381 g/mol. The third-order valence-electron chi connectivity index (χ3n) is 5.39. The highest BCUT2D eigenvalue weighted by Gasteiger charge is 2.29. The number of fused-ring (bicyclic) bond motifs is 2. The van der Waals surface area contributed by atoms with Crippen LogP contribution in [-0.4, -0.2) is 26.7 Å². The molecule has 1 aliphatic carbocycles. The molecule has 2 N–H and O–H groups in total. The van der Waals surface area contributed by atoms with E-state index in [1.807, 2.05) is 6.07 Å². The Morgan fingerprint density at radius 2 is 2.18 bits per heavy atom. The molecule has 1 fully saturated rings. The van der Waals surface area contributed by atoms with Crippen LogP contribution in [0.4, 0.5) is 4.39 Å². The number of halogens is 1. The van der Waals surface area contributed by atoms with Crippen molar-refractivity contribution in [3.63, 3.8) is 0 Å². The highest BCUT2D eigenvalue weighted by Crippen LogP contribution is 2.39. The third kappa shape index (κ3) is 2.75. The zero-order valence-corrected chi connectivity index (χ0v) is 16.0. The van der Waals surface area contributed by atoms with Gasteiger partial charge in [0.1, 0.15) is 16.9 Å². The van der Waals surface area contributed by atoms with Crippen LogP contribution in [0.1, 0.15) is 46.6 Å². The van der Waals surface area contributed by atoms with E-state index >= 15 is 0 Å². The first kappa shape index (κ1) is 17.5. The summed E-state index contributed by atoms with van der Waals surface area (Å²) in [5.74, 6) is -1.91. The molecule has 0 spiro atoms. The Balaban J connectivity index is 1.73. The van der Waals surface area contributed by atoms with Gasteiger partial charge in [0.25, 0.3) is 0 Å². The van der Waals surface area contributed by atoms with Gasteiger partial charge in [-0.05, 0) is 43.9 Å². The van der Waals surface area contributed by atoms with E-state index in [-0.39, 0.29) is 22.7 Å². The van der Waals surface area contributed by atoms with E-state index in [4.69, 9.17) is 0 Å². The smallest absolute Gasteiger partial charge is 0.341 e. The normalized spacial score (nSPS) is 19.0. The van der Waals surface area contributed by atoms with Gasteiger partial charge in [0, 0.05) is 29.7 Å². The molecule has 1 atom stereocenters. The lowest BCUT2D eigenvalue weighted by Gasteiger charge is -2.19. The minimum absolute atomic E-state index is 0.0182. The van der Waals surface area contributed by atoms with Crippen molar-refractivity contribution in [1.82, 2.24) is 14.9 Å². The Bertz CT molecular complexity index is 1200. The average Bonchev–Trinajstić information content (AvgIpc) is 3.41. The number of carboxylic acids is 1. The van der Waals surface area contributed by atoms with Crippen LogP contribution in [0.15, 0.2) is 23.1 Å². The zero-order valence-electron chi connectivity index (χ0n) is 15.2. The molecule has 0 radical (unpaired) electrons. The van der Waals surface area contributed by atoms with E-state index < -0.39 is 17.2 Å². The molecule has 5 rings (SSSR count). The Kier molecular flexibility index (Phi) is 3.89. The van der Waals surface area contributed by atoms with Gasteiger partial charge in [0.2, 0.25) is 5.43 Å². The first-order chi connectivity index (χ1) is 13.4. The number of hydrogen-bond acceptors (Lipinski definition) is 5. The van der Waals surface area contributed by atoms with Crippen molar-refractivity contribution < 1.29 is 14.3 Å². The second-order valence-corrected chi connectivity index (χ2v) is 8.69. The Morgan fingerprint density at radius 1 is 1.39 bits per heavy atom. The second-order valence-electron chi connectivity index (χ2n) is 7.55. The molecule has 0 saturated heterocycles. The van der Waals surface area contributed by atoms with E-state index in [0.717, 1.165) is 42.3 Å². The fraction of sp³-hybridized carbons (Fsp3) is 0.350. The van der Waals surface area contributed by atoms with Crippen molar-refractivity contribution in [3.8, 4) is 10.6 Å². The number of rotatable bonds is 3. The minimum atomic E-state index is -1.31. The fourth-order valence-corrected chi connectivity index (χ4v) is 5.05. The Morgan fingerprint density at radius 3 is 2.89 bits per heavy atom. The van der Waals surface area contributed by atoms with Gasteiger partial charge in [-0.25, -0.2) is 14.2 Å². The highest BCUT2D eigenvalue weighted by atomic mass is 32.1. The summed E-state index contributed by atoms with van der Waals surface area (Å²) in [6.07, 6.45) is 4.03. The van der Waals surface area contributed by atoms with Crippen molar-refractivity contribution >= 4 is 28.3 Å². The van der Waals surface area contributed by atoms with Gasteiger partial charge >= 0.3 is 5.97 Å². The van der Waals surface area contributed by atoms with Crippen molar-refractivity contribution in [3.05, 3.63) is 50.4 Å². The van der Waals surface area contributed by atoms with Gasteiger partial charge < -0.3 is 15.0 Å². The maximum Gasteiger partial charge on any atom is 0.341 e. The molecule has 144 valence electrons. The van der Waals surface area contributed by atoms with Crippen molar-refractivity contribution in [2.45, 2.75) is 44.8 Å². The standard InChI is InChI=1S/C20H18FN3O3S/c1-9-4-15-10(7-22-9)5-16(28-15)17-14(21)6-12-18(25)13(20(26)27)8-24(11-2-3-11)19(12)23-17/h5-6,8-9,11,22H,2-4,7H2,1H3,(H,26,27). The molecule has 0 aromatic carbocycles. The quantitative estimate of drug-likeness (QED) is 0.706. The molecule has 3 aromatic heterocycles. The van der Waals surface area contributed by atoms with E-state index in [0.29, 0.717) is 11.7 Å². The average molecular weight is 399 g/mol. The molecule has 0 bridgehead atoms. The molecule has 0 amide bonds. The summed E-state index contributed by atoms with van der Waals surface area (Å²) in [7, 11) is 0. The van der Waals surface area contributed by atoms with E-state index in [9.17, 15) is 19.1 Å². The van der Waals surface area contributed by atoms with Crippen LogP contribution in [0.5, 0.6) is 0 Å². The molecule has 6 nitrogen and oxygen atoms in total. The lowest BCUT2D eigenvalue weighted by atomic mass is 10.1. The Labute approximate surface area is 163 Å². The van der Waals surface area contributed by atoms with Crippen LogP contribution < -0.4 is 10.7 Å². The predicted molar refractivity (Wildman–Crippen MR) is 105 cm³/mol. The number of aromatic carboxylic acids is 1. The van der Waals surface area contributed by atoms with Crippen LogP contribution in [0.3, 0.4) is 0 Å². The lowest BCUT2D eigenvalue weighted by molar-refractivity contribution is 0.0695. The van der Waals surface area contributed by atoms with Crippen molar-refractivity contribution in [1.29, 1.82) is 0 Å². The maximum absolute atomic E-state index is 14.9. The van der Waals surface area contributed by atoms with Crippen LogP contribution >= 0.6 is 11.3 Å². The first-order valence-electron chi connectivity index (χ1n) is 9.26. The van der Waals surface area contributed by atoms with E-state index in [1.54, 1.807) is 4.57 Å². The monoisotopic (exact) mass is 399 g/mol. The predicted octanol–water partition coefficient (Wildman–Crippen LogP) is 3.33. The molecule has 3 aromatic rings. The second kappa shape index (κ2) is 6.22. The summed E-state index contributed by atoms with van der Waals surface area (Å²) in [5, 5.41) is 12.8. The zero-order chi connectivity index (χ0) is 19.6.